The molecule has 0 radical (unpaired) electrons. The second-order valence-corrected chi connectivity index (χ2v) is 6.74. The van der Waals surface area contributed by atoms with E-state index in [4.69, 9.17) is 4.43 Å². The summed E-state index contributed by atoms with van der Waals surface area (Å²) in [5, 5.41) is 1.59. The molecule has 0 spiro atoms. The number of unbranched alkanes of at least 4 members (excludes halogenated alkanes) is 2. The molecule has 2 heteroatoms. The van der Waals surface area contributed by atoms with Crippen molar-refractivity contribution in [3.63, 3.8) is 0 Å². The Morgan fingerprint density at radius 2 is 2.31 bits per heavy atom. The third-order valence-corrected chi connectivity index (χ3v) is 5.53. The molecule has 76 valence electrons. The zero-order valence-corrected chi connectivity index (χ0v) is 10.2. The Bertz CT molecular complexity index is 159. The molecule has 0 saturated carbocycles. The van der Waals surface area contributed by atoms with Crippen molar-refractivity contribution in [3.05, 3.63) is 11.3 Å². The Morgan fingerprint density at radius 3 is 2.92 bits per heavy atom. The maximum atomic E-state index is 5.84. The second kappa shape index (κ2) is 6.38. The maximum absolute atomic E-state index is 5.84. The standard InChI is InChI=1S/C11H22OSi/c1-3-4-5-8-11(2)13-10-7-6-9-12-13/h8,13H,3-7,9-10H2,1-2H3/b11-8+. The first-order valence-corrected chi connectivity index (χ1v) is 7.49. The van der Waals surface area contributed by atoms with Crippen LogP contribution in [0.3, 0.4) is 0 Å². The summed E-state index contributed by atoms with van der Waals surface area (Å²) in [4.78, 5) is 0. The van der Waals surface area contributed by atoms with Crippen LogP contribution < -0.4 is 0 Å². The molecule has 1 fully saturated rings. The molecule has 0 bridgehead atoms. The first-order valence-electron chi connectivity index (χ1n) is 5.63. The van der Waals surface area contributed by atoms with Crippen molar-refractivity contribution in [2.24, 2.45) is 0 Å². The summed E-state index contributed by atoms with van der Waals surface area (Å²) in [5.74, 6) is 0. The molecule has 1 aliphatic rings. The Kier molecular flexibility index (Phi) is 5.40. The molecule has 1 saturated heterocycles. The van der Waals surface area contributed by atoms with Gasteiger partial charge >= 0.3 is 0 Å². The van der Waals surface area contributed by atoms with Crippen LogP contribution in [0.15, 0.2) is 11.3 Å². The van der Waals surface area contributed by atoms with Gasteiger partial charge in [-0.25, -0.2) is 0 Å². The molecule has 0 amide bonds. The van der Waals surface area contributed by atoms with Gasteiger partial charge in [-0.2, -0.15) is 0 Å². The minimum Gasteiger partial charge on any atom is -0.416 e. The summed E-state index contributed by atoms with van der Waals surface area (Å²) in [5.41, 5.74) is 0. The predicted molar refractivity (Wildman–Crippen MR) is 60.4 cm³/mol. The minimum absolute atomic E-state index is 0.902. The lowest BCUT2D eigenvalue weighted by Gasteiger charge is -2.21. The van der Waals surface area contributed by atoms with Gasteiger partial charge < -0.3 is 4.43 Å². The van der Waals surface area contributed by atoms with Crippen LogP contribution in [-0.2, 0) is 4.43 Å². The van der Waals surface area contributed by atoms with Gasteiger partial charge in [-0.05, 0) is 25.8 Å². The molecular formula is C11H22OSi. The topological polar surface area (TPSA) is 9.23 Å². The molecule has 1 rings (SSSR count). The van der Waals surface area contributed by atoms with Gasteiger partial charge in [0.2, 0.25) is 9.04 Å². The highest BCUT2D eigenvalue weighted by Gasteiger charge is 2.17. The lowest BCUT2D eigenvalue weighted by molar-refractivity contribution is 0.292. The smallest absolute Gasteiger partial charge is 0.203 e. The second-order valence-electron chi connectivity index (χ2n) is 3.95. The zero-order chi connectivity index (χ0) is 9.52. The Balaban J connectivity index is 2.27. The van der Waals surface area contributed by atoms with Gasteiger partial charge in [0.1, 0.15) is 0 Å². The van der Waals surface area contributed by atoms with Crippen LogP contribution in [0.4, 0.5) is 0 Å². The molecule has 0 aromatic heterocycles. The van der Waals surface area contributed by atoms with Gasteiger partial charge in [-0.15, -0.1) is 0 Å². The highest BCUT2D eigenvalue weighted by atomic mass is 28.3. The molecule has 0 aromatic rings. The SMILES string of the molecule is CCCC/C=C(\C)[SiH]1CCCCO1. The first kappa shape index (κ1) is 11.0. The van der Waals surface area contributed by atoms with Crippen LogP contribution in [0.25, 0.3) is 0 Å². The molecular weight excluding hydrogens is 176 g/mol. The summed E-state index contributed by atoms with van der Waals surface area (Å²) >= 11 is 0. The fourth-order valence-electron chi connectivity index (χ4n) is 1.77. The highest BCUT2D eigenvalue weighted by molar-refractivity contribution is 6.60. The van der Waals surface area contributed by atoms with Crippen LogP contribution in [0.2, 0.25) is 6.04 Å². The van der Waals surface area contributed by atoms with Gasteiger partial charge in [0.25, 0.3) is 0 Å². The third-order valence-electron chi connectivity index (χ3n) is 2.71. The Hall–Kier alpha value is -0.0831. The van der Waals surface area contributed by atoms with Crippen molar-refractivity contribution >= 4 is 9.04 Å². The molecule has 1 nitrogen and oxygen atoms in total. The van der Waals surface area contributed by atoms with E-state index in [9.17, 15) is 0 Å². The molecule has 0 N–H and O–H groups in total. The third kappa shape index (κ3) is 4.10. The van der Waals surface area contributed by atoms with Crippen LogP contribution in [0.1, 0.15) is 46.0 Å². The predicted octanol–water partition coefficient (Wildman–Crippen LogP) is 3.20. The lowest BCUT2D eigenvalue weighted by atomic mass is 10.2. The van der Waals surface area contributed by atoms with Crippen molar-refractivity contribution in [1.29, 1.82) is 0 Å². The average Bonchev–Trinajstić information content (AvgIpc) is 2.19. The molecule has 1 aliphatic heterocycles. The van der Waals surface area contributed by atoms with E-state index in [2.05, 4.69) is 19.9 Å². The summed E-state index contributed by atoms with van der Waals surface area (Å²) < 4.78 is 5.84. The van der Waals surface area contributed by atoms with E-state index in [1.807, 2.05) is 0 Å². The number of hydrogen-bond donors (Lipinski definition) is 0. The van der Waals surface area contributed by atoms with Gasteiger partial charge in [-0.1, -0.05) is 37.5 Å². The van der Waals surface area contributed by atoms with Crippen molar-refractivity contribution < 1.29 is 4.43 Å². The Labute approximate surface area is 83.9 Å². The summed E-state index contributed by atoms with van der Waals surface area (Å²) in [6, 6.07) is 1.37. The number of rotatable bonds is 4. The zero-order valence-electron chi connectivity index (χ0n) is 9.01. The monoisotopic (exact) mass is 198 g/mol. The maximum Gasteiger partial charge on any atom is 0.203 e. The van der Waals surface area contributed by atoms with Gasteiger partial charge in [0.05, 0.1) is 0 Å². The number of allylic oxidation sites excluding steroid dienone is 2. The van der Waals surface area contributed by atoms with E-state index in [1.54, 1.807) is 5.20 Å². The molecule has 0 aliphatic carbocycles. The molecule has 1 atom stereocenters. The van der Waals surface area contributed by atoms with Crippen LogP contribution in [0.5, 0.6) is 0 Å². The number of hydrogen-bond acceptors (Lipinski definition) is 1. The minimum atomic E-state index is -0.902. The van der Waals surface area contributed by atoms with Crippen molar-refractivity contribution in [2.75, 3.05) is 6.61 Å². The van der Waals surface area contributed by atoms with Crippen molar-refractivity contribution in [2.45, 2.75) is 52.0 Å². The fourth-order valence-corrected chi connectivity index (χ4v) is 4.19. The van der Waals surface area contributed by atoms with Crippen molar-refractivity contribution in [1.82, 2.24) is 0 Å². The van der Waals surface area contributed by atoms with E-state index in [-0.39, 0.29) is 0 Å². The normalized spacial score (nSPS) is 24.8. The van der Waals surface area contributed by atoms with Crippen LogP contribution in [-0.4, -0.2) is 15.6 Å². The van der Waals surface area contributed by atoms with Gasteiger partial charge in [-0.3, -0.25) is 0 Å². The molecule has 13 heavy (non-hydrogen) atoms. The highest BCUT2D eigenvalue weighted by Crippen LogP contribution is 2.17. The van der Waals surface area contributed by atoms with E-state index in [0.717, 1.165) is 6.61 Å². The molecule has 1 unspecified atom stereocenters. The van der Waals surface area contributed by atoms with Crippen LogP contribution >= 0.6 is 0 Å². The first-order chi connectivity index (χ1) is 6.34. The summed E-state index contributed by atoms with van der Waals surface area (Å²) in [6.45, 7) is 5.55. The molecule has 1 heterocycles. The van der Waals surface area contributed by atoms with E-state index in [0.29, 0.717) is 0 Å². The van der Waals surface area contributed by atoms with Crippen molar-refractivity contribution in [3.8, 4) is 0 Å². The van der Waals surface area contributed by atoms with E-state index in [1.165, 1.54) is 38.1 Å². The van der Waals surface area contributed by atoms with Crippen LogP contribution in [0, 0.1) is 0 Å². The quantitative estimate of drug-likeness (QED) is 0.498. The largest absolute Gasteiger partial charge is 0.416 e. The van der Waals surface area contributed by atoms with Gasteiger partial charge in [0, 0.05) is 6.61 Å². The summed E-state index contributed by atoms with van der Waals surface area (Å²) in [6.07, 6.45) is 9.00. The fraction of sp³-hybridized carbons (Fsp3) is 0.818. The average molecular weight is 198 g/mol. The van der Waals surface area contributed by atoms with E-state index >= 15 is 0 Å². The summed E-state index contributed by atoms with van der Waals surface area (Å²) in [7, 11) is -0.902. The Morgan fingerprint density at radius 1 is 1.46 bits per heavy atom. The van der Waals surface area contributed by atoms with E-state index < -0.39 is 9.04 Å². The molecule has 0 aromatic carbocycles. The lowest BCUT2D eigenvalue weighted by Crippen LogP contribution is -2.24. The van der Waals surface area contributed by atoms with Gasteiger partial charge in [0.15, 0.2) is 0 Å².